The zero-order valence-electron chi connectivity index (χ0n) is 20.7. The van der Waals surface area contributed by atoms with Gasteiger partial charge in [-0.3, -0.25) is 0 Å². The van der Waals surface area contributed by atoms with Crippen LogP contribution in [-0.2, 0) is 18.9 Å². The van der Waals surface area contributed by atoms with E-state index >= 15 is 0 Å². The Morgan fingerprint density at radius 2 is 1.12 bits per heavy atom. The molecule has 184 valence electrons. The standard InChI is InChI=1S/C27H41NO5/c1-6-27(24-10-8-7-9-11-24)32-18-22(4)30-16-20(2)29-17-21(3)31-19-23(5)33-26-14-12-25(28)13-15-26/h7-15,20-23,27H,6,16-19,28H2,1-5H3. The van der Waals surface area contributed by atoms with Gasteiger partial charge in [-0.25, -0.2) is 0 Å². The van der Waals surface area contributed by atoms with Crippen LogP contribution in [0.2, 0.25) is 0 Å². The first kappa shape index (κ1) is 27.1. The van der Waals surface area contributed by atoms with E-state index < -0.39 is 0 Å². The third-order valence-corrected chi connectivity index (χ3v) is 5.14. The van der Waals surface area contributed by atoms with Gasteiger partial charge in [0.15, 0.2) is 0 Å². The highest BCUT2D eigenvalue weighted by Gasteiger charge is 2.14. The van der Waals surface area contributed by atoms with Crippen LogP contribution in [0.5, 0.6) is 5.75 Å². The van der Waals surface area contributed by atoms with Crippen LogP contribution < -0.4 is 10.5 Å². The second-order valence-electron chi connectivity index (χ2n) is 8.57. The number of nitrogen functional groups attached to an aromatic ring is 1. The summed E-state index contributed by atoms with van der Waals surface area (Å²) in [6, 6.07) is 17.7. The monoisotopic (exact) mass is 459 g/mol. The number of hydrogen-bond donors (Lipinski definition) is 1. The van der Waals surface area contributed by atoms with E-state index in [4.69, 9.17) is 29.4 Å². The van der Waals surface area contributed by atoms with Crippen LogP contribution in [0.4, 0.5) is 5.69 Å². The molecule has 0 aromatic heterocycles. The van der Waals surface area contributed by atoms with Gasteiger partial charge in [0, 0.05) is 5.69 Å². The van der Waals surface area contributed by atoms with Crippen LogP contribution in [0.3, 0.4) is 0 Å². The van der Waals surface area contributed by atoms with E-state index in [2.05, 4.69) is 19.1 Å². The lowest BCUT2D eigenvalue weighted by Gasteiger charge is -2.23. The van der Waals surface area contributed by atoms with Crippen molar-refractivity contribution < 1.29 is 23.7 Å². The van der Waals surface area contributed by atoms with E-state index in [1.165, 1.54) is 5.56 Å². The average Bonchev–Trinajstić information content (AvgIpc) is 2.82. The predicted octanol–water partition coefficient (Wildman–Crippen LogP) is 5.42. The Hall–Kier alpha value is -2.12. The van der Waals surface area contributed by atoms with E-state index in [9.17, 15) is 0 Å². The summed E-state index contributed by atoms with van der Waals surface area (Å²) in [5.41, 5.74) is 7.61. The van der Waals surface area contributed by atoms with Crippen LogP contribution in [0, 0.1) is 0 Å². The van der Waals surface area contributed by atoms with Gasteiger partial charge in [-0.1, -0.05) is 37.3 Å². The van der Waals surface area contributed by atoms with Gasteiger partial charge in [0.05, 0.1) is 50.8 Å². The molecule has 2 N–H and O–H groups in total. The zero-order chi connectivity index (χ0) is 24.1. The van der Waals surface area contributed by atoms with Crippen LogP contribution in [0.25, 0.3) is 0 Å². The molecule has 0 amide bonds. The van der Waals surface area contributed by atoms with Gasteiger partial charge >= 0.3 is 0 Å². The summed E-state index contributed by atoms with van der Waals surface area (Å²) in [6.07, 6.45) is 0.877. The molecule has 2 rings (SSSR count). The summed E-state index contributed by atoms with van der Waals surface area (Å²) in [5.74, 6) is 0.780. The SMILES string of the molecule is CCC(OCC(C)OCC(C)OCC(C)OCC(C)Oc1ccc(N)cc1)c1ccccc1. The van der Waals surface area contributed by atoms with Crippen LogP contribution in [0.15, 0.2) is 54.6 Å². The summed E-state index contributed by atoms with van der Waals surface area (Å²) >= 11 is 0. The van der Waals surface area contributed by atoms with Crippen LogP contribution >= 0.6 is 0 Å². The third-order valence-electron chi connectivity index (χ3n) is 5.14. The molecule has 0 saturated carbocycles. The van der Waals surface area contributed by atoms with Crippen LogP contribution in [-0.4, -0.2) is 50.8 Å². The minimum Gasteiger partial charge on any atom is -0.488 e. The van der Waals surface area contributed by atoms with Gasteiger partial charge in [0.1, 0.15) is 11.9 Å². The highest BCUT2D eigenvalue weighted by Crippen LogP contribution is 2.21. The van der Waals surface area contributed by atoms with Crippen molar-refractivity contribution in [3.05, 3.63) is 60.2 Å². The van der Waals surface area contributed by atoms with Crippen molar-refractivity contribution in [2.24, 2.45) is 0 Å². The molecule has 2 aromatic rings. The molecule has 0 aliphatic heterocycles. The summed E-state index contributed by atoms with van der Waals surface area (Å²) in [4.78, 5) is 0. The van der Waals surface area contributed by atoms with E-state index in [1.807, 2.05) is 70.2 Å². The smallest absolute Gasteiger partial charge is 0.119 e. The molecular weight excluding hydrogens is 418 g/mol. The molecule has 33 heavy (non-hydrogen) atoms. The minimum atomic E-state index is -0.0690. The van der Waals surface area contributed by atoms with Gasteiger partial charge < -0.3 is 29.4 Å². The van der Waals surface area contributed by atoms with E-state index in [0.29, 0.717) is 26.4 Å². The number of ether oxygens (including phenoxy) is 5. The summed E-state index contributed by atoms with van der Waals surface area (Å²) in [5, 5.41) is 0. The Balaban J connectivity index is 1.57. The molecule has 5 unspecified atom stereocenters. The number of hydrogen-bond acceptors (Lipinski definition) is 6. The first-order valence-corrected chi connectivity index (χ1v) is 11.9. The molecule has 0 aliphatic carbocycles. The van der Waals surface area contributed by atoms with Crippen molar-refractivity contribution in [2.45, 2.75) is 71.6 Å². The average molecular weight is 460 g/mol. The summed E-state index contributed by atoms with van der Waals surface area (Å²) in [7, 11) is 0. The van der Waals surface area contributed by atoms with Crippen LogP contribution in [0.1, 0.15) is 52.7 Å². The highest BCUT2D eigenvalue weighted by molar-refractivity contribution is 5.41. The molecule has 2 aromatic carbocycles. The van der Waals surface area contributed by atoms with Gasteiger partial charge in [0.25, 0.3) is 0 Å². The first-order chi connectivity index (χ1) is 15.9. The van der Waals surface area contributed by atoms with Crippen molar-refractivity contribution in [1.29, 1.82) is 0 Å². The fourth-order valence-corrected chi connectivity index (χ4v) is 3.23. The predicted molar refractivity (Wildman–Crippen MR) is 133 cm³/mol. The lowest BCUT2D eigenvalue weighted by Crippen LogP contribution is -2.29. The lowest BCUT2D eigenvalue weighted by atomic mass is 10.1. The van der Waals surface area contributed by atoms with E-state index in [0.717, 1.165) is 17.9 Å². The zero-order valence-corrected chi connectivity index (χ0v) is 20.7. The minimum absolute atomic E-state index is 0.00572. The Bertz CT molecular complexity index is 755. The van der Waals surface area contributed by atoms with E-state index in [1.54, 1.807) is 0 Å². The molecule has 0 bridgehead atoms. The highest BCUT2D eigenvalue weighted by atomic mass is 16.6. The topological polar surface area (TPSA) is 72.2 Å². The van der Waals surface area contributed by atoms with Crippen molar-refractivity contribution in [2.75, 3.05) is 32.2 Å². The first-order valence-electron chi connectivity index (χ1n) is 11.9. The second kappa shape index (κ2) is 14.9. The molecule has 0 heterocycles. The molecule has 6 heteroatoms. The lowest BCUT2D eigenvalue weighted by molar-refractivity contribution is -0.0917. The maximum absolute atomic E-state index is 6.07. The summed E-state index contributed by atoms with van der Waals surface area (Å²) < 4.78 is 29.6. The Morgan fingerprint density at radius 1 is 0.636 bits per heavy atom. The number of rotatable bonds is 16. The fourth-order valence-electron chi connectivity index (χ4n) is 3.23. The molecule has 5 atom stereocenters. The second-order valence-corrected chi connectivity index (χ2v) is 8.57. The molecule has 0 radical (unpaired) electrons. The molecule has 6 nitrogen and oxygen atoms in total. The van der Waals surface area contributed by atoms with Gasteiger partial charge in [-0.05, 0) is 63.9 Å². The molecular formula is C27H41NO5. The Labute approximate surface area is 199 Å². The quantitative estimate of drug-likeness (QED) is 0.338. The van der Waals surface area contributed by atoms with Crippen molar-refractivity contribution in [3.8, 4) is 5.75 Å². The van der Waals surface area contributed by atoms with Gasteiger partial charge in [-0.15, -0.1) is 0 Å². The molecule has 0 fully saturated rings. The van der Waals surface area contributed by atoms with Crippen molar-refractivity contribution in [1.82, 2.24) is 0 Å². The maximum atomic E-state index is 6.07. The fraction of sp³-hybridized carbons (Fsp3) is 0.556. The Kier molecular flexibility index (Phi) is 12.3. The van der Waals surface area contributed by atoms with Gasteiger partial charge in [-0.2, -0.15) is 0 Å². The van der Waals surface area contributed by atoms with Gasteiger partial charge in [0.2, 0.25) is 0 Å². The third kappa shape index (κ3) is 11.0. The normalized spacial score (nSPS) is 16.0. The molecule has 0 saturated heterocycles. The molecule has 0 spiro atoms. The number of anilines is 1. The van der Waals surface area contributed by atoms with E-state index in [-0.39, 0.29) is 30.5 Å². The maximum Gasteiger partial charge on any atom is 0.119 e. The number of benzene rings is 2. The molecule has 0 aliphatic rings. The van der Waals surface area contributed by atoms with Crippen molar-refractivity contribution >= 4 is 5.69 Å². The Morgan fingerprint density at radius 3 is 1.64 bits per heavy atom. The van der Waals surface area contributed by atoms with Crippen molar-refractivity contribution in [3.63, 3.8) is 0 Å². The largest absolute Gasteiger partial charge is 0.488 e. The summed E-state index contributed by atoms with van der Waals surface area (Å²) in [6.45, 7) is 12.2. The number of nitrogens with two attached hydrogens (primary N) is 1.